The van der Waals surface area contributed by atoms with Crippen LogP contribution in [0.5, 0.6) is 0 Å². The molecule has 0 atom stereocenters. The highest BCUT2D eigenvalue weighted by Gasteiger charge is 2.09. The van der Waals surface area contributed by atoms with E-state index in [-0.39, 0.29) is 11.6 Å². The normalized spacial score (nSPS) is 10.4. The van der Waals surface area contributed by atoms with Gasteiger partial charge in [-0.25, -0.2) is 4.98 Å². The molecule has 2 heterocycles. The highest BCUT2D eigenvalue weighted by atomic mass is 16.2. The molecule has 3 aromatic rings. The number of nitrogens with zero attached hydrogens (tertiary/aromatic N) is 3. The molecule has 6 nitrogen and oxygen atoms in total. The monoisotopic (exact) mass is 239 g/mol. The van der Waals surface area contributed by atoms with Crippen LogP contribution in [0.4, 0.5) is 5.82 Å². The SMILES string of the molecule is O=C(Nc1ccc2ccccc2n1)c1c[nH]nn1. The average Bonchev–Trinajstić information content (AvgIpc) is 2.92. The zero-order valence-corrected chi connectivity index (χ0v) is 9.29. The molecule has 0 aliphatic carbocycles. The van der Waals surface area contributed by atoms with E-state index in [0.717, 1.165) is 10.9 Å². The maximum atomic E-state index is 11.7. The van der Waals surface area contributed by atoms with Gasteiger partial charge in [-0.05, 0) is 18.2 Å². The van der Waals surface area contributed by atoms with Gasteiger partial charge < -0.3 is 5.32 Å². The third-order valence-corrected chi connectivity index (χ3v) is 2.49. The Hall–Kier alpha value is -2.76. The largest absolute Gasteiger partial charge is 0.305 e. The summed E-state index contributed by atoms with van der Waals surface area (Å²) in [5, 5.41) is 13.3. The Balaban J connectivity index is 1.89. The van der Waals surface area contributed by atoms with Crippen LogP contribution in [0.25, 0.3) is 10.9 Å². The van der Waals surface area contributed by atoms with E-state index in [1.54, 1.807) is 6.07 Å². The molecular formula is C12H9N5O. The fourth-order valence-corrected chi connectivity index (χ4v) is 1.63. The molecule has 1 aromatic carbocycles. The van der Waals surface area contributed by atoms with Crippen molar-refractivity contribution < 1.29 is 4.79 Å². The van der Waals surface area contributed by atoms with E-state index in [1.807, 2.05) is 30.3 Å². The number of nitrogens with one attached hydrogen (secondary N) is 2. The van der Waals surface area contributed by atoms with Gasteiger partial charge in [0.05, 0.1) is 11.7 Å². The fraction of sp³-hybridized carbons (Fsp3) is 0. The van der Waals surface area contributed by atoms with Crippen molar-refractivity contribution >= 4 is 22.6 Å². The van der Waals surface area contributed by atoms with Crippen LogP contribution in [0.3, 0.4) is 0 Å². The number of aromatic amines is 1. The third kappa shape index (κ3) is 1.91. The van der Waals surface area contributed by atoms with Crippen molar-refractivity contribution in [2.24, 2.45) is 0 Å². The average molecular weight is 239 g/mol. The molecule has 0 saturated heterocycles. The smallest absolute Gasteiger partial charge is 0.278 e. The van der Waals surface area contributed by atoms with Gasteiger partial charge in [-0.15, -0.1) is 5.10 Å². The molecule has 1 amide bonds. The lowest BCUT2D eigenvalue weighted by molar-refractivity contribution is 0.102. The van der Waals surface area contributed by atoms with Crippen molar-refractivity contribution in [1.82, 2.24) is 20.4 Å². The number of fused-ring (bicyclic) bond motifs is 1. The number of hydrogen-bond donors (Lipinski definition) is 2. The number of amides is 1. The first kappa shape index (κ1) is 10.4. The van der Waals surface area contributed by atoms with Crippen molar-refractivity contribution in [2.45, 2.75) is 0 Å². The summed E-state index contributed by atoms with van der Waals surface area (Å²) in [4.78, 5) is 16.1. The summed E-state index contributed by atoms with van der Waals surface area (Å²) in [5.74, 6) is 0.147. The van der Waals surface area contributed by atoms with Gasteiger partial charge in [0.25, 0.3) is 5.91 Å². The Morgan fingerprint density at radius 2 is 2.06 bits per heavy atom. The number of aromatic nitrogens is 4. The number of H-pyrrole nitrogens is 1. The number of para-hydroxylation sites is 1. The third-order valence-electron chi connectivity index (χ3n) is 2.49. The minimum absolute atomic E-state index is 0.227. The van der Waals surface area contributed by atoms with Gasteiger partial charge in [0, 0.05) is 5.39 Å². The van der Waals surface area contributed by atoms with Crippen LogP contribution in [-0.4, -0.2) is 26.3 Å². The molecule has 18 heavy (non-hydrogen) atoms. The lowest BCUT2D eigenvalue weighted by atomic mass is 10.2. The molecule has 0 aliphatic rings. The van der Waals surface area contributed by atoms with Gasteiger partial charge in [-0.1, -0.05) is 23.4 Å². The van der Waals surface area contributed by atoms with Crippen molar-refractivity contribution in [1.29, 1.82) is 0 Å². The Morgan fingerprint density at radius 3 is 2.89 bits per heavy atom. The summed E-state index contributed by atoms with van der Waals surface area (Å²) in [6.07, 6.45) is 1.43. The first-order chi connectivity index (χ1) is 8.83. The summed E-state index contributed by atoms with van der Waals surface area (Å²) in [7, 11) is 0. The van der Waals surface area contributed by atoms with Gasteiger partial charge >= 0.3 is 0 Å². The molecule has 0 unspecified atom stereocenters. The zero-order valence-electron chi connectivity index (χ0n) is 9.29. The van der Waals surface area contributed by atoms with E-state index in [1.165, 1.54) is 6.20 Å². The quantitative estimate of drug-likeness (QED) is 0.711. The van der Waals surface area contributed by atoms with E-state index in [2.05, 4.69) is 25.7 Å². The molecule has 2 aromatic heterocycles. The van der Waals surface area contributed by atoms with Gasteiger partial charge in [-0.2, -0.15) is 0 Å². The number of rotatable bonds is 2. The van der Waals surface area contributed by atoms with Crippen LogP contribution in [0.15, 0.2) is 42.6 Å². The zero-order chi connectivity index (χ0) is 12.4. The highest BCUT2D eigenvalue weighted by molar-refractivity contribution is 6.02. The lowest BCUT2D eigenvalue weighted by Crippen LogP contribution is -2.13. The van der Waals surface area contributed by atoms with E-state index in [9.17, 15) is 4.79 Å². The second-order valence-corrected chi connectivity index (χ2v) is 3.70. The van der Waals surface area contributed by atoms with Gasteiger partial charge in [-0.3, -0.25) is 9.89 Å². The first-order valence-electron chi connectivity index (χ1n) is 5.36. The topological polar surface area (TPSA) is 83.6 Å². The Kier molecular flexibility index (Phi) is 2.45. The predicted molar refractivity (Wildman–Crippen MR) is 66.1 cm³/mol. The predicted octanol–water partition coefficient (Wildman–Crippen LogP) is 1.61. The fourth-order valence-electron chi connectivity index (χ4n) is 1.63. The van der Waals surface area contributed by atoms with Gasteiger partial charge in [0.1, 0.15) is 5.82 Å². The van der Waals surface area contributed by atoms with E-state index in [0.29, 0.717) is 5.82 Å². The minimum Gasteiger partial charge on any atom is -0.305 e. The Labute approximate surface area is 102 Å². The van der Waals surface area contributed by atoms with E-state index >= 15 is 0 Å². The number of carbonyl (C=O) groups excluding carboxylic acids is 1. The maximum absolute atomic E-state index is 11.7. The molecule has 0 aliphatic heterocycles. The van der Waals surface area contributed by atoms with Crippen LogP contribution in [0.1, 0.15) is 10.5 Å². The summed E-state index contributed by atoms with van der Waals surface area (Å²) >= 11 is 0. The Morgan fingerprint density at radius 1 is 1.17 bits per heavy atom. The van der Waals surface area contributed by atoms with Crippen LogP contribution in [-0.2, 0) is 0 Å². The molecule has 2 N–H and O–H groups in total. The number of carbonyl (C=O) groups is 1. The van der Waals surface area contributed by atoms with E-state index in [4.69, 9.17) is 0 Å². The number of hydrogen-bond acceptors (Lipinski definition) is 4. The van der Waals surface area contributed by atoms with Crippen LogP contribution >= 0.6 is 0 Å². The molecule has 3 rings (SSSR count). The first-order valence-corrected chi connectivity index (χ1v) is 5.36. The molecular weight excluding hydrogens is 230 g/mol. The molecule has 0 radical (unpaired) electrons. The van der Waals surface area contributed by atoms with Gasteiger partial charge in [0.2, 0.25) is 0 Å². The number of pyridine rings is 1. The lowest BCUT2D eigenvalue weighted by Gasteiger charge is -2.03. The van der Waals surface area contributed by atoms with Gasteiger partial charge in [0.15, 0.2) is 5.69 Å². The number of anilines is 1. The van der Waals surface area contributed by atoms with Crippen molar-refractivity contribution in [3.05, 3.63) is 48.3 Å². The maximum Gasteiger partial charge on any atom is 0.278 e. The Bertz CT molecular complexity index is 693. The van der Waals surface area contributed by atoms with Crippen molar-refractivity contribution in [2.75, 3.05) is 5.32 Å². The summed E-state index contributed by atoms with van der Waals surface area (Å²) in [5.41, 5.74) is 1.06. The summed E-state index contributed by atoms with van der Waals surface area (Å²) in [6.45, 7) is 0. The van der Waals surface area contributed by atoms with Crippen molar-refractivity contribution in [3.63, 3.8) is 0 Å². The van der Waals surface area contributed by atoms with Crippen LogP contribution in [0, 0.1) is 0 Å². The second-order valence-electron chi connectivity index (χ2n) is 3.70. The van der Waals surface area contributed by atoms with Crippen molar-refractivity contribution in [3.8, 4) is 0 Å². The second kappa shape index (κ2) is 4.25. The molecule has 0 spiro atoms. The van der Waals surface area contributed by atoms with Crippen LogP contribution < -0.4 is 5.32 Å². The molecule has 0 fully saturated rings. The minimum atomic E-state index is -0.341. The van der Waals surface area contributed by atoms with E-state index < -0.39 is 0 Å². The summed E-state index contributed by atoms with van der Waals surface area (Å²) < 4.78 is 0. The molecule has 0 bridgehead atoms. The highest BCUT2D eigenvalue weighted by Crippen LogP contribution is 2.14. The molecule has 6 heteroatoms. The molecule has 0 saturated carbocycles. The standard InChI is InChI=1S/C12H9N5O/c18-12(10-7-13-17-16-10)15-11-6-5-8-3-1-2-4-9(8)14-11/h1-7H,(H,13,16,17)(H,14,15,18). The van der Waals surface area contributed by atoms with Crippen LogP contribution in [0.2, 0.25) is 0 Å². The molecule has 88 valence electrons. The number of benzene rings is 1. The summed E-state index contributed by atoms with van der Waals surface area (Å²) in [6, 6.07) is 11.4.